The molecule has 0 fully saturated rings. The predicted octanol–water partition coefficient (Wildman–Crippen LogP) is 4.97. The van der Waals surface area contributed by atoms with Gasteiger partial charge in [-0.25, -0.2) is 9.59 Å². The Morgan fingerprint density at radius 2 is 1.18 bits per heavy atom. The maximum absolute atomic E-state index is 11.2. The van der Waals surface area contributed by atoms with E-state index in [2.05, 4.69) is 0 Å². The fourth-order valence-corrected chi connectivity index (χ4v) is 3.13. The highest BCUT2D eigenvalue weighted by atomic mass is 16.5. The Bertz CT molecular complexity index is 1130. The second-order valence-electron chi connectivity index (χ2n) is 6.52. The van der Waals surface area contributed by atoms with Crippen molar-refractivity contribution in [1.29, 1.82) is 0 Å². The topological polar surface area (TPSA) is 83.8 Å². The summed E-state index contributed by atoms with van der Waals surface area (Å²) >= 11 is 0. The van der Waals surface area contributed by atoms with Crippen molar-refractivity contribution < 1.29 is 24.5 Å². The molecular formula is C23H16O5. The number of carboxylic acids is 2. The molecule has 0 aliphatic heterocycles. The molecule has 0 radical (unpaired) electrons. The minimum Gasteiger partial charge on any atom is -0.489 e. The van der Waals surface area contributed by atoms with Gasteiger partial charge in [-0.05, 0) is 69.6 Å². The molecule has 5 heteroatoms. The molecular weight excluding hydrogens is 356 g/mol. The molecule has 4 rings (SSSR count). The molecule has 138 valence electrons. The minimum absolute atomic E-state index is 0.230. The quantitative estimate of drug-likeness (QED) is 0.517. The fourth-order valence-electron chi connectivity index (χ4n) is 3.13. The Hall–Kier alpha value is -3.86. The highest BCUT2D eigenvalue weighted by molar-refractivity contribution is 5.95. The first-order valence-electron chi connectivity index (χ1n) is 8.65. The molecule has 0 atom stereocenters. The third kappa shape index (κ3) is 3.50. The van der Waals surface area contributed by atoms with Gasteiger partial charge in [0.1, 0.15) is 12.4 Å². The van der Waals surface area contributed by atoms with E-state index in [1.54, 1.807) is 36.4 Å². The third-order valence-electron chi connectivity index (χ3n) is 4.62. The van der Waals surface area contributed by atoms with E-state index in [4.69, 9.17) is 14.9 Å². The maximum Gasteiger partial charge on any atom is 0.335 e. The molecule has 2 N–H and O–H groups in total. The molecule has 0 saturated heterocycles. The first-order valence-corrected chi connectivity index (χ1v) is 8.65. The second-order valence-corrected chi connectivity index (χ2v) is 6.52. The van der Waals surface area contributed by atoms with Crippen LogP contribution in [0.3, 0.4) is 0 Å². The lowest BCUT2D eigenvalue weighted by atomic mass is 10.0. The summed E-state index contributed by atoms with van der Waals surface area (Å²) in [5, 5.41) is 21.8. The van der Waals surface area contributed by atoms with Crippen molar-refractivity contribution in [2.75, 3.05) is 0 Å². The van der Waals surface area contributed by atoms with E-state index in [1.165, 1.54) is 0 Å². The summed E-state index contributed by atoms with van der Waals surface area (Å²) < 4.78 is 5.86. The van der Waals surface area contributed by atoms with E-state index in [1.807, 2.05) is 36.4 Å². The summed E-state index contributed by atoms with van der Waals surface area (Å²) in [5.74, 6) is -1.29. The number of aromatic carboxylic acids is 2. The van der Waals surface area contributed by atoms with Gasteiger partial charge in [-0.3, -0.25) is 0 Å². The van der Waals surface area contributed by atoms with Gasteiger partial charge in [-0.1, -0.05) is 30.3 Å². The molecule has 0 unspecified atom stereocenters. The summed E-state index contributed by atoms with van der Waals surface area (Å²) in [5.41, 5.74) is 1.39. The van der Waals surface area contributed by atoms with Crippen LogP contribution in [0.4, 0.5) is 0 Å². The first-order chi connectivity index (χ1) is 13.5. The van der Waals surface area contributed by atoms with Crippen molar-refractivity contribution >= 4 is 33.5 Å². The lowest BCUT2D eigenvalue weighted by Crippen LogP contribution is -1.98. The minimum atomic E-state index is -0.967. The molecule has 0 saturated carbocycles. The Labute approximate surface area is 160 Å². The van der Waals surface area contributed by atoms with Crippen LogP contribution in [0, 0.1) is 0 Å². The normalized spacial score (nSPS) is 10.9. The van der Waals surface area contributed by atoms with E-state index in [0.717, 1.165) is 27.1 Å². The number of carbonyl (C=O) groups is 2. The Kier molecular flexibility index (Phi) is 4.41. The number of hydrogen-bond donors (Lipinski definition) is 2. The Morgan fingerprint density at radius 1 is 0.643 bits per heavy atom. The van der Waals surface area contributed by atoms with Gasteiger partial charge in [0.15, 0.2) is 0 Å². The zero-order chi connectivity index (χ0) is 19.7. The van der Waals surface area contributed by atoms with E-state index in [9.17, 15) is 9.59 Å². The van der Waals surface area contributed by atoms with Crippen LogP contribution in [-0.2, 0) is 6.61 Å². The van der Waals surface area contributed by atoms with Crippen LogP contribution in [0.5, 0.6) is 5.75 Å². The maximum atomic E-state index is 11.2. The number of rotatable bonds is 5. The largest absolute Gasteiger partial charge is 0.489 e. The first kappa shape index (κ1) is 17.5. The van der Waals surface area contributed by atoms with Crippen LogP contribution >= 0.6 is 0 Å². The summed E-state index contributed by atoms with van der Waals surface area (Å²) in [6, 6.07) is 21.3. The molecule has 0 bridgehead atoms. The van der Waals surface area contributed by atoms with E-state index >= 15 is 0 Å². The number of benzene rings is 4. The lowest BCUT2D eigenvalue weighted by Gasteiger charge is -2.09. The average molecular weight is 372 g/mol. The highest BCUT2D eigenvalue weighted by Crippen LogP contribution is 2.24. The van der Waals surface area contributed by atoms with Gasteiger partial charge in [0, 0.05) is 0 Å². The molecule has 0 aromatic heterocycles. The van der Waals surface area contributed by atoms with Crippen LogP contribution in [0.1, 0.15) is 26.3 Å². The Balaban J connectivity index is 1.58. The van der Waals surface area contributed by atoms with Gasteiger partial charge < -0.3 is 14.9 Å². The van der Waals surface area contributed by atoms with Gasteiger partial charge in [-0.2, -0.15) is 0 Å². The summed E-state index contributed by atoms with van der Waals surface area (Å²) in [6.07, 6.45) is 0. The molecule has 4 aromatic carbocycles. The summed E-state index contributed by atoms with van der Waals surface area (Å²) in [7, 11) is 0. The van der Waals surface area contributed by atoms with Crippen molar-refractivity contribution in [2.45, 2.75) is 6.61 Å². The standard InChI is InChI=1S/C23H16O5/c24-22(25)17-5-3-15-2-1-14(9-19(15)10-17)13-28-21-8-7-16-4-6-18(23(26)27)11-20(16)12-21/h1-12H,13H2,(H,24,25)(H,26,27). The van der Waals surface area contributed by atoms with E-state index in [0.29, 0.717) is 12.4 Å². The van der Waals surface area contributed by atoms with Crippen molar-refractivity contribution in [3.05, 3.63) is 89.5 Å². The molecule has 0 aliphatic rings. The molecule has 4 aromatic rings. The highest BCUT2D eigenvalue weighted by Gasteiger charge is 2.06. The summed E-state index contributed by atoms with van der Waals surface area (Å²) in [4.78, 5) is 22.3. The van der Waals surface area contributed by atoms with Crippen LogP contribution in [-0.4, -0.2) is 22.2 Å². The molecule has 0 amide bonds. The van der Waals surface area contributed by atoms with Crippen molar-refractivity contribution in [3.8, 4) is 5.75 Å². The van der Waals surface area contributed by atoms with Crippen molar-refractivity contribution in [3.63, 3.8) is 0 Å². The zero-order valence-corrected chi connectivity index (χ0v) is 14.8. The van der Waals surface area contributed by atoms with Crippen LogP contribution in [0.25, 0.3) is 21.5 Å². The average Bonchev–Trinajstić information content (AvgIpc) is 2.70. The van der Waals surface area contributed by atoms with Crippen molar-refractivity contribution in [1.82, 2.24) is 0 Å². The number of hydrogen-bond acceptors (Lipinski definition) is 3. The smallest absolute Gasteiger partial charge is 0.335 e. The number of carboxylic acid groups (broad SMARTS) is 2. The third-order valence-corrected chi connectivity index (χ3v) is 4.62. The molecule has 5 nitrogen and oxygen atoms in total. The number of fused-ring (bicyclic) bond motifs is 2. The van der Waals surface area contributed by atoms with Crippen LogP contribution < -0.4 is 4.74 Å². The number of ether oxygens (including phenoxy) is 1. The van der Waals surface area contributed by atoms with Gasteiger partial charge in [0.25, 0.3) is 0 Å². The second kappa shape index (κ2) is 7.04. The van der Waals surface area contributed by atoms with E-state index < -0.39 is 11.9 Å². The molecule has 0 heterocycles. The van der Waals surface area contributed by atoms with Gasteiger partial charge in [0.05, 0.1) is 11.1 Å². The molecule has 28 heavy (non-hydrogen) atoms. The van der Waals surface area contributed by atoms with Gasteiger partial charge in [-0.15, -0.1) is 0 Å². The van der Waals surface area contributed by atoms with Gasteiger partial charge in [0.2, 0.25) is 0 Å². The fraction of sp³-hybridized carbons (Fsp3) is 0.0435. The Morgan fingerprint density at radius 3 is 1.79 bits per heavy atom. The lowest BCUT2D eigenvalue weighted by molar-refractivity contribution is 0.0686. The monoisotopic (exact) mass is 372 g/mol. The predicted molar refractivity (Wildman–Crippen MR) is 106 cm³/mol. The van der Waals surface area contributed by atoms with Crippen LogP contribution in [0.15, 0.2) is 72.8 Å². The van der Waals surface area contributed by atoms with Crippen LogP contribution in [0.2, 0.25) is 0 Å². The SMILES string of the molecule is O=C(O)c1ccc2ccc(COc3ccc4ccc(C(=O)O)cc4c3)cc2c1. The van der Waals surface area contributed by atoms with Crippen molar-refractivity contribution in [2.24, 2.45) is 0 Å². The molecule has 0 spiro atoms. The molecule has 0 aliphatic carbocycles. The van der Waals surface area contributed by atoms with Gasteiger partial charge >= 0.3 is 11.9 Å². The summed E-state index contributed by atoms with van der Waals surface area (Å²) in [6.45, 7) is 0.317. The zero-order valence-electron chi connectivity index (χ0n) is 14.8. The van der Waals surface area contributed by atoms with E-state index in [-0.39, 0.29) is 11.1 Å².